The lowest BCUT2D eigenvalue weighted by Gasteiger charge is -2.08. The molecule has 4 nitrogen and oxygen atoms in total. The van der Waals surface area contributed by atoms with Crippen LogP contribution in [-0.2, 0) is 16.6 Å². The largest absolute Gasteiger partial charge is 0.508 e. The number of halogens is 1. The van der Waals surface area contributed by atoms with E-state index in [4.69, 9.17) is 5.11 Å². The molecule has 0 bridgehead atoms. The smallest absolute Gasteiger partial charge is 0.241 e. The van der Waals surface area contributed by atoms with Gasteiger partial charge in [-0.25, -0.2) is 13.1 Å². The Balaban J connectivity index is 2.14. The number of hydrogen-bond donors (Lipinski definition) is 2. The molecule has 0 aromatic heterocycles. The minimum atomic E-state index is -3.56. The molecule has 0 aliphatic rings. The maximum atomic E-state index is 12.1. The first kappa shape index (κ1) is 14.0. The molecule has 2 aromatic carbocycles. The predicted molar refractivity (Wildman–Crippen MR) is 76.3 cm³/mol. The second-order valence-corrected chi connectivity index (χ2v) is 6.51. The van der Waals surface area contributed by atoms with Gasteiger partial charge in [0.1, 0.15) is 5.75 Å². The van der Waals surface area contributed by atoms with E-state index in [2.05, 4.69) is 20.7 Å². The molecule has 19 heavy (non-hydrogen) atoms. The summed E-state index contributed by atoms with van der Waals surface area (Å²) in [7, 11) is -3.56. The molecule has 2 aromatic rings. The van der Waals surface area contributed by atoms with Crippen LogP contribution >= 0.6 is 15.9 Å². The number of phenolic OH excluding ortho intramolecular Hbond substituents is 1. The summed E-state index contributed by atoms with van der Waals surface area (Å²) in [5.74, 6) is 0.150. The summed E-state index contributed by atoms with van der Waals surface area (Å²) < 4.78 is 27.2. The number of phenols is 1. The molecule has 0 radical (unpaired) electrons. The van der Waals surface area contributed by atoms with Gasteiger partial charge >= 0.3 is 0 Å². The van der Waals surface area contributed by atoms with Gasteiger partial charge in [0.25, 0.3) is 0 Å². The zero-order valence-electron chi connectivity index (χ0n) is 9.88. The number of sulfonamides is 1. The maximum absolute atomic E-state index is 12.1. The van der Waals surface area contributed by atoms with Gasteiger partial charge in [-0.2, -0.15) is 0 Å². The standard InChI is InChI=1S/C13H12BrNO3S/c14-12-3-1-2-4-13(12)19(17,18)15-9-10-5-7-11(16)8-6-10/h1-8,15-16H,9H2. The summed E-state index contributed by atoms with van der Waals surface area (Å²) in [5.41, 5.74) is 0.772. The number of rotatable bonds is 4. The third-order valence-corrected chi connectivity index (χ3v) is 4.94. The molecule has 0 fully saturated rings. The molecule has 0 spiro atoms. The summed E-state index contributed by atoms with van der Waals surface area (Å²) in [6.45, 7) is 0.171. The summed E-state index contributed by atoms with van der Waals surface area (Å²) in [4.78, 5) is 0.203. The fourth-order valence-corrected chi connectivity index (χ4v) is 3.55. The van der Waals surface area contributed by atoms with Gasteiger partial charge in [-0.3, -0.25) is 0 Å². The quantitative estimate of drug-likeness (QED) is 0.898. The van der Waals surface area contributed by atoms with Crippen LogP contribution < -0.4 is 4.72 Å². The van der Waals surface area contributed by atoms with Crippen molar-refractivity contribution in [2.75, 3.05) is 0 Å². The van der Waals surface area contributed by atoms with Crippen LogP contribution in [0.4, 0.5) is 0 Å². The molecule has 0 atom stereocenters. The number of benzene rings is 2. The Morgan fingerprint density at radius 2 is 1.68 bits per heavy atom. The number of aromatic hydroxyl groups is 1. The van der Waals surface area contributed by atoms with Crippen LogP contribution in [0.2, 0.25) is 0 Å². The van der Waals surface area contributed by atoms with Gasteiger partial charge < -0.3 is 5.11 Å². The summed E-state index contributed by atoms with van der Waals surface area (Å²) in [6.07, 6.45) is 0. The first-order valence-corrected chi connectivity index (χ1v) is 7.79. The SMILES string of the molecule is O=S(=O)(NCc1ccc(O)cc1)c1ccccc1Br. The molecule has 2 rings (SSSR count). The molecule has 0 amide bonds. The summed E-state index contributed by atoms with van der Waals surface area (Å²) >= 11 is 3.22. The van der Waals surface area contributed by atoms with E-state index in [0.717, 1.165) is 5.56 Å². The molecule has 6 heteroatoms. The van der Waals surface area contributed by atoms with Crippen molar-refractivity contribution < 1.29 is 13.5 Å². The van der Waals surface area contributed by atoms with Crippen LogP contribution in [0.15, 0.2) is 57.9 Å². The van der Waals surface area contributed by atoms with Crippen LogP contribution in [0.25, 0.3) is 0 Å². The first-order valence-electron chi connectivity index (χ1n) is 5.51. The van der Waals surface area contributed by atoms with Gasteiger partial charge in [0.15, 0.2) is 0 Å². The van der Waals surface area contributed by atoms with Gasteiger partial charge in [-0.05, 0) is 45.8 Å². The third-order valence-electron chi connectivity index (χ3n) is 2.53. The number of hydrogen-bond acceptors (Lipinski definition) is 3. The highest BCUT2D eigenvalue weighted by Gasteiger charge is 2.16. The Morgan fingerprint density at radius 3 is 2.32 bits per heavy atom. The van der Waals surface area contributed by atoms with E-state index < -0.39 is 10.0 Å². The fraction of sp³-hybridized carbons (Fsp3) is 0.0769. The fourth-order valence-electron chi connectivity index (χ4n) is 1.53. The molecule has 0 saturated heterocycles. The lowest BCUT2D eigenvalue weighted by molar-refractivity contribution is 0.475. The normalized spacial score (nSPS) is 11.4. The van der Waals surface area contributed by atoms with Gasteiger partial charge in [0, 0.05) is 11.0 Å². The highest BCUT2D eigenvalue weighted by atomic mass is 79.9. The monoisotopic (exact) mass is 341 g/mol. The molecular formula is C13H12BrNO3S. The molecule has 2 N–H and O–H groups in total. The minimum Gasteiger partial charge on any atom is -0.508 e. The Kier molecular flexibility index (Phi) is 4.24. The zero-order chi connectivity index (χ0) is 13.9. The van der Waals surface area contributed by atoms with E-state index >= 15 is 0 Å². The van der Waals surface area contributed by atoms with Crippen molar-refractivity contribution in [3.63, 3.8) is 0 Å². The molecule has 100 valence electrons. The van der Waals surface area contributed by atoms with Crippen molar-refractivity contribution in [1.82, 2.24) is 4.72 Å². The molecule has 0 aliphatic heterocycles. The van der Waals surface area contributed by atoms with Crippen LogP contribution in [0.3, 0.4) is 0 Å². The van der Waals surface area contributed by atoms with Crippen LogP contribution in [-0.4, -0.2) is 13.5 Å². The van der Waals surface area contributed by atoms with Gasteiger partial charge in [-0.1, -0.05) is 24.3 Å². The molecule has 0 heterocycles. The van der Waals surface area contributed by atoms with Gasteiger partial charge in [0.05, 0.1) is 4.90 Å². The van der Waals surface area contributed by atoms with Crippen LogP contribution in [0.1, 0.15) is 5.56 Å². The summed E-state index contributed by atoms with van der Waals surface area (Å²) in [5, 5.41) is 9.15. The second-order valence-electron chi connectivity index (χ2n) is 3.92. The van der Waals surface area contributed by atoms with E-state index in [-0.39, 0.29) is 17.2 Å². The maximum Gasteiger partial charge on any atom is 0.241 e. The molecular weight excluding hydrogens is 330 g/mol. The number of nitrogens with one attached hydrogen (secondary N) is 1. The van der Waals surface area contributed by atoms with Crippen molar-refractivity contribution in [2.45, 2.75) is 11.4 Å². The van der Waals surface area contributed by atoms with E-state index in [1.807, 2.05) is 0 Å². The topological polar surface area (TPSA) is 66.4 Å². The van der Waals surface area contributed by atoms with Crippen molar-refractivity contribution in [1.29, 1.82) is 0 Å². The molecule has 0 aliphatic carbocycles. The van der Waals surface area contributed by atoms with Gasteiger partial charge in [0.2, 0.25) is 10.0 Å². The Hall–Kier alpha value is -1.37. The highest BCUT2D eigenvalue weighted by molar-refractivity contribution is 9.10. The average Bonchev–Trinajstić information content (AvgIpc) is 2.38. The second kappa shape index (κ2) is 5.73. The lowest BCUT2D eigenvalue weighted by atomic mass is 10.2. The predicted octanol–water partition coefficient (Wildman–Crippen LogP) is 2.63. The average molecular weight is 342 g/mol. The van der Waals surface area contributed by atoms with Crippen LogP contribution in [0, 0.1) is 0 Å². The van der Waals surface area contributed by atoms with Crippen molar-refractivity contribution in [3.05, 3.63) is 58.6 Å². The highest BCUT2D eigenvalue weighted by Crippen LogP contribution is 2.21. The third kappa shape index (κ3) is 3.56. The van der Waals surface area contributed by atoms with E-state index in [9.17, 15) is 8.42 Å². The van der Waals surface area contributed by atoms with Gasteiger partial charge in [-0.15, -0.1) is 0 Å². The minimum absolute atomic E-state index is 0.150. The molecule has 0 unspecified atom stereocenters. The van der Waals surface area contributed by atoms with Crippen LogP contribution in [0.5, 0.6) is 5.75 Å². The van der Waals surface area contributed by atoms with Crippen molar-refractivity contribution in [2.24, 2.45) is 0 Å². The Bertz CT molecular complexity index is 669. The van der Waals surface area contributed by atoms with E-state index in [1.165, 1.54) is 18.2 Å². The summed E-state index contributed by atoms with van der Waals surface area (Å²) in [6, 6.07) is 13.0. The Morgan fingerprint density at radius 1 is 1.05 bits per heavy atom. The molecule has 0 saturated carbocycles. The van der Waals surface area contributed by atoms with Crippen molar-refractivity contribution in [3.8, 4) is 5.75 Å². The van der Waals surface area contributed by atoms with E-state index in [1.54, 1.807) is 30.3 Å². The van der Waals surface area contributed by atoms with E-state index in [0.29, 0.717) is 4.47 Å². The van der Waals surface area contributed by atoms with Crippen molar-refractivity contribution >= 4 is 26.0 Å². The lowest BCUT2D eigenvalue weighted by Crippen LogP contribution is -2.23. The Labute approximate surface area is 120 Å². The first-order chi connectivity index (χ1) is 8.99. The zero-order valence-corrected chi connectivity index (χ0v) is 12.3.